The fourth-order valence-electron chi connectivity index (χ4n) is 2.23. The van der Waals surface area contributed by atoms with E-state index in [1.54, 1.807) is 18.2 Å². The van der Waals surface area contributed by atoms with Gasteiger partial charge in [0.2, 0.25) is 5.91 Å². The molecule has 1 amide bonds. The van der Waals surface area contributed by atoms with E-state index in [0.29, 0.717) is 21.7 Å². The third-order valence-corrected chi connectivity index (χ3v) is 4.36. The summed E-state index contributed by atoms with van der Waals surface area (Å²) in [5.41, 5.74) is 0.880. The summed E-state index contributed by atoms with van der Waals surface area (Å²) >= 11 is 7.26. The van der Waals surface area contributed by atoms with Gasteiger partial charge >= 0.3 is 0 Å². The molecule has 0 fully saturated rings. The topological polar surface area (TPSA) is 92.2 Å². The summed E-state index contributed by atoms with van der Waals surface area (Å²) in [4.78, 5) is 32.4. The monoisotopic (exact) mass is 377 g/mol. The third-order valence-electron chi connectivity index (χ3n) is 3.19. The van der Waals surface area contributed by atoms with Crippen molar-refractivity contribution in [1.82, 2.24) is 24.9 Å². The van der Waals surface area contributed by atoms with Crippen LogP contribution >= 0.6 is 23.4 Å². The van der Waals surface area contributed by atoms with Crippen molar-refractivity contribution in [2.75, 3.05) is 5.75 Å². The van der Waals surface area contributed by atoms with Crippen LogP contribution in [0.4, 0.5) is 0 Å². The molecule has 3 aromatic rings. The molecule has 0 aliphatic carbocycles. The number of carbonyl (C=O) groups is 1. The Balaban J connectivity index is 1.98. The molecule has 0 aliphatic heterocycles. The normalized spacial score (nSPS) is 11.2. The summed E-state index contributed by atoms with van der Waals surface area (Å²) < 4.78 is 1.48. The Labute approximate surface area is 152 Å². The lowest BCUT2D eigenvalue weighted by molar-refractivity contribution is -0.119. The van der Waals surface area contributed by atoms with E-state index in [9.17, 15) is 9.59 Å². The number of rotatable bonds is 5. The fourth-order valence-corrected chi connectivity index (χ4v) is 3.18. The van der Waals surface area contributed by atoms with Gasteiger partial charge in [0.1, 0.15) is 0 Å². The van der Waals surface area contributed by atoms with E-state index in [1.165, 1.54) is 22.3 Å². The Hall–Kier alpha value is -2.32. The average molecular weight is 378 g/mol. The van der Waals surface area contributed by atoms with Crippen LogP contribution in [0.25, 0.3) is 17.0 Å². The van der Waals surface area contributed by atoms with Gasteiger partial charge in [-0.15, -0.1) is 0 Å². The van der Waals surface area contributed by atoms with Crippen LogP contribution in [-0.2, 0) is 4.79 Å². The van der Waals surface area contributed by atoms with Gasteiger partial charge in [-0.2, -0.15) is 0 Å². The van der Waals surface area contributed by atoms with Gasteiger partial charge in [0, 0.05) is 22.7 Å². The standard InChI is InChI=1S/C16H16ClN5O2S/c1-9(2)18-14(24)8-25-16-20-15(10-4-3-5-11(17)6-10)19-12-7-13(23)21-22(12)16/h3-7,9H,8H2,1-2H3,(H,18,24)(H,21,23). The van der Waals surface area contributed by atoms with E-state index in [4.69, 9.17) is 11.6 Å². The summed E-state index contributed by atoms with van der Waals surface area (Å²) in [6, 6.07) is 8.59. The molecule has 7 nitrogen and oxygen atoms in total. The summed E-state index contributed by atoms with van der Waals surface area (Å²) in [7, 11) is 0. The van der Waals surface area contributed by atoms with Gasteiger partial charge in [0.05, 0.1) is 5.75 Å². The summed E-state index contributed by atoms with van der Waals surface area (Å²) in [6.07, 6.45) is 0. The molecule has 0 spiro atoms. The van der Waals surface area contributed by atoms with Crippen LogP contribution in [0.5, 0.6) is 0 Å². The number of carbonyl (C=O) groups excluding carboxylic acids is 1. The van der Waals surface area contributed by atoms with E-state index in [1.807, 2.05) is 19.9 Å². The maximum Gasteiger partial charge on any atom is 0.266 e. The molecule has 9 heteroatoms. The van der Waals surface area contributed by atoms with Crippen molar-refractivity contribution in [2.24, 2.45) is 0 Å². The second-order valence-corrected chi connectivity index (χ2v) is 7.04. The Kier molecular flexibility index (Phi) is 5.10. The van der Waals surface area contributed by atoms with Gasteiger partial charge in [0.15, 0.2) is 16.6 Å². The van der Waals surface area contributed by atoms with Crippen LogP contribution in [-0.4, -0.2) is 37.3 Å². The Bertz CT molecular complexity index is 982. The molecule has 2 aromatic heterocycles. The minimum absolute atomic E-state index is 0.0620. The zero-order chi connectivity index (χ0) is 18.0. The number of fused-ring (bicyclic) bond motifs is 1. The van der Waals surface area contributed by atoms with Crippen LogP contribution < -0.4 is 10.9 Å². The molecule has 3 rings (SSSR count). The highest BCUT2D eigenvalue weighted by Gasteiger charge is 2.13. The second-order valence-electron chi connectivity index (χ2n) is 5.67. The highest BCUT2D eigenvalue weighted by Crippen LogP contribution is 2.23. The summed E-state index contributed by atoms with van der Waals surface area (Å²) in [5.74, 6) is 0.512. The van der Waals surface area contributed by atoms with Crippen LogP contribution in [0, 0.1) is 0 Å². The number of benzene rings is 1. The number of nitrogens with one attached hydrogen (secondary N) is 2. The predicted octanol–water partition coefficient (Wildman–Crippen LogP) is 2.35. The lowest BCUT2D eigenvalue weighted by Gasteiger charge is -2.09. The Morgan fingerprint density at radius 1 is 1.36 bits per heavy atom. The molecular formula is C16H16ClN5O2S. The smallest absolute Gasteiger partial charge is 0.266 e. The number of aromatic nitrogens is 4. The Morgan fingerprint density at radius 3 is 2.88 bits per heavy atom. The largest absolute Gasteiger partial charge is 0.353 e. The van der Waals surface area contributed by atoms with Gasteiger partial charge in [-0.1, -0.05) is 35.5 Å². The van der Waals surface area contributed by atoms with Crippen LogP contribution in [0.1, 0.15) is 13.8 Å². The zero-order valence-electron chi connectivity index (χ0n) is 13.6. The quantitative estimate of drug-likeness (QED) is 0.666. The molecule has 2 heterocycles. The molecule has 130 valence electrons. The minimum atomic E-state index is -0.286. The molecule has 25 heavy (non-hydrogen) atoms. The maximum absolute atomic E-state index is 11.9. The number of nitrogens with zero attached hydrogens (tertiary/aromatic N) is 3. The van der Waals surface area contributed by atoms with Crippen LogP contribution in [0.3, 0.4) is 0 Å². The lowest BCUT2D eigenvalue weighted by atomic mass is 10.2. The van der Waals surface area contributed by atoms with E-state index >= 15 is 0 Å². The van der Waals surface area contributed by atoms with Gasteiger partial charge in [-0.3, -0.25) is 14.7 Å². The SMILES string of the molecule is CC(C)NC(=O)CSc1nc(-c2cccc(Cl)c2)nc2cc(=O)[nH]n12. The van der Waals surface area contributed by atoms with Crippen LogP contribution in [0.2, 0.25) is 5.02 Å². The average Bonchev–Trinajstić information content (AvgIpc) is 2.92. The van der Waals surface area contributed by atoms with E-state index < -0.39 is 0 Å². The van der Waals surface area contributed by atoms with Crippen molar-refractivity contribution < 1.29 is 4.79 Å². The lowest BCUT2D eigenvalue weighted by Crippen LogP contribution is -2.31. The third kappa shape index (κ3) is 4.21. The zero-order valence-corrected chi connectivity index (χ0v) is 15.2. The number of hydrogen-bond acceptors (Lipinski definition) is 5. The molecule has 1 aromatic carbocycles. The number of hydrogen-bond donors (Lipinski definition) is 2. The number of amides is 1. The minimum Gasteiger partial charge on any atom is -0.353 e. The van der Waals surface area contributed by atoms with Gasteiger partial charge in [0.25, 0.3) is 5.56 Å². The highest BCUT2D eigenvalue weighted by molar-refractivity contribution is 7.99. The van der Waals surface area contributed by atoms with E-state index in [0.717, 1.165) is 5.56 Å². The molecule has 0 saturated heterocycles. The molecule has 2 N–H and O–H groups in total. The predicted molar refractivity (Wildman–Crippen MR) is 98.1 cm³/mol. The number of H-pyrrole nitrogens is 1. The Morgan fingerprint density at radius 2 is 2.16 bits per heavy atom. The van der Waals surface area contributed by atoms with Gasteiger partial charge < -0.3 is 5.32 Å². The highest BCUT2D eigenvalue weighted by atomic mass is 35.5. The van der Waals surface area contributed by atoms with Gasteiger partial charge in [-0.25, -0.2) is 14.5 Å². The van der Waals surface area contributed by atoms with Crippen molar-refractivity contribution in [3.63, 3.8) is 0 Å². The van der Waals surface area contributed by atoms with Crippen molar-refractivity contribution >= 4 is 34.9 Å². The van der Waals surface area contributed by atoms with Gasteiger partial charge in [-0.05, 0) is 26.0 Å². The van der Waals surface area contributed by atoms with Crippen molar-refractivity contribution in [1.29, 1.82) is 0 Å². The molecular weight excluding hydrogens is 362 g/mol. The van der Waals surface area contributed by atoms with E-state index in [-0.39, 0.29) is 23.3 Å². The molecule has 0 unspecified atom stereocenters. The van der Waals surface area contributed by atoms with Crippen molar-refractivity contribution in [3.05, 3.63) is 45.7 Å². The number of aromatic amines is 1. The second kappa shape index (κ2) is 7.28. The maximum atomic E-state index is 11.9. The summed E-state index contributed by atoms with van der Waals surface area (Å²) in [6.45, 7) is 3.79. The molecule has 0 atom stereocenters. The van der Waals surface area contributed by atoms with Crippen LogP contribution in [0.15, 0.2) is 40.3 Å². The first-order valence-corrected chi connectivity index (χ1v) is 8.96. The van der Waals surface area contributed by atoms with Crippen molar-refractivity contribution in [2.45, 2.75) is 25.0 Å². The molecule has 0 bridgehead atoms. The first kappa shape index (κ1) is 17.5. The molecule has 0 aliphatic rings. The fraction of sp³-hybridized carbons (Fsp3) is 0.250. The summed E-state index contributed by atoms with van der Waals surface area (Å²) in [5, 5.41) is 6.50. The molecule has 0 saturated carbocycles. The molecule has 0 radical (unpaired) electrons. The van der Waals surface area contributed by atoms with E-state index in [2.05, 4.69) is 20.4 Å². The van der Waals surface area contributed by atoms with Crippen molar-refractivity contribution in [3.8, 4) is 11.4 Å². The first-order valence-electron chi connectivity index (χ1n) is 7.60. The number of thioether (sulfide) groups is 1. The number of halogens is 1. The first-order chi connectivity index (χ1) is 11.9.